The van der Waals surface area contributed by atoms with E-state index in [9.17, 15) is 18.0 Å². The highest BCUT2D eigenvalue weighted by Gasteiger charge is 2.22. The molecule has 0 aliphatic carbocycles. The minimum Gasteiger partial charge on any atom is -0.493 e. The van der Waals surface area contributed by atoms with Crippen LogP contribution in [0.3, 0.4) is 0 Å². The maximum atomic E-state index is 13.9. The number of furan rings is 1. The summed E-state index contributed by atoms with van der Waals surface area (Å²) in [7, 11) is 0. The van der Waals surface area contributed by atoms with E-state index in [1.54, 1.807) is 37.5 Å². The summed E-state index contributed by atoms with van der Waals surface area (Å²) in [4.78, 5) is 16.7. The highest BCUT2D eigenvalue weighted by atomic mass is 19.2. The third-order valence-corrected chi connectivity index (χ3v) is 5.21. The summed E-state index contributed by atoms with van der Waals surface area (Å²) in [6.07, 6.45) is 4.28. The Morgan fingerprint density at radius 1 is 1.09 bits per heavy atom. The molecule has 0 aliphatic heterocycles. The van der Waals surface area contributed by atoms with Crippen LogP contribution in [0.4, 0.5) is 18.9 Å². The van der Waals surface area contributed by atoms with Crippen molar-refractivity contribution >= 4 is 22.6 Å². The zero-order valence-corrected chi connectivity index (χ0v) is 18.3. The van der Waals surface area contributed by atoms with Gasteiger partial charge in [0.2, 0.25) is 0 Å². The van der Waals surface area contributed by atoms with Crippen LogP contribution < -0.4 is 15.4 Å². The van der Waals surface area contributed by atoms with Crippen molar-refractivity contribution in [1.29, 1.82) is 0 Å². The molecule has 1 amide bonds. The summed E-state index contributed by atoms with van der Waals surface area (Å²) in [6.45, 7) is 3.56. The number of benzene rings is 2. The van der Waals surface area contributed by atoms with Gasteiger partial charge in [0.05, 0.1) is 17.7 Å². The van der Waals surface area contributed by atoms with Gasteiger partial charge >= 0.3 is 0 Å². The van der Waals surface area contributed by atoms with Gasteiger partial charge in [0.1, 0.15) is 11.3 Å². The van der Waals surface area contributed by atoms with Crippen LogP contribution in [0.25, 0.3) is 11.0 Å². The lowest BCUT2D eigenvalue weighted by Crippen LogP contribution is -2.17. The monoisotopic (exact) mass is 469 g/mol. The normalized spacial score (nSPS) is 11.1. The molecule has 9 heteroatoms. The molecule has 0 atom stereocenters. The quantitative estimate of drug-likeness (QED) is 0.255. The molecule has 2 aromatic heterocycles. The Hall–Kier alpha value is -3.85. The molecule has 34 heavy (non-hydrogen) atoms. The third kappa shape index (κ3) is 5.04. The molecule has 0 spiro atoms. The Bertz CT molecular complexity index is 1310. The number of amides is 1. The van der Waals surface area contributed by atoms with Crippen LogP contribution in [0.5, 0.6) is 5.75 Å². The Morgan fingerprint density at radius 3 is 2.74 bits per heavy atom. The number of carbonyl (C=O) groups excluding carboxylic acids is 1. The summed E-state index contributed by atoms with van der Waals surface area (Å²) in [5.74, 6) is -4.81. The van der Waals surface area contributed by atoms with Crippen molar-refractivity contribution in [2.24, 2.45) is 0 Å². The average molecular weight is 469 g/mol. The molecule has 0 fully saturated rings. The summed E-state index contributed by atoms with van der Waals surface area (Å²) >= 11 is 0. The molecule has 2 aromatic carbocycles. The van der Waals surface area contributed by atoms with Crippen molar-refractivity contribution in [2.75, 3.05) is 18.5 Å². The van der Waals surface area contributed by atoms with E-state index in [1.165, 1.54) is 0 Å². The first kappa shape index (κ1) is 23.3. The number of halogens is 3. The fourth-order valence-electron chi connectivity index (χ4n) is 3.52. The van der Waals surface area contributed by atoms with E-state index in [0.717, 1.165) is 30.7 Å². The number of aryl methyl sites for hydroxylation is 1. The number of aromatic nitrogens is 1. The summed E-state index contributed by atoms with van der Waals surface area (Å²) in [6, 6.07) is 10.7. The zero-order valence-electron chi connectivity index (χ0n) is 18.3. The highest BCUT2D eigenvalue weighted by Crippen LogP contribution is 2.34. The predicted molar refractivity (Wildman–Crippen MR) is 121 cm³/mol. The largest absolute Gasteiger partial charge is 0.493 e. The molecule has 0 aliphatic rings. The van der Waals surface area contributed by atoms with Crippen molar-refractivity contribution in [2.45, 2.75) is 19.9 Å². The second kappa shape index (κ2) is 10.4. The van der Waals surface area contributed by atoms with Crippen molar-refractivity contribution in [1.82, 2.24) is 10.3 Å². The maximum Gasteiger partial charge on any atom is 0.291 e. The molecule has 4 aromatic rings. The SMILES string of the molecule is Cc1c(C(=O)Nc2ccc(F)c(F)c2F)oc2cccc(OCCCNCc3cccnc3)c12. The standard InChI is InChI=1S/C25H22F3N3O3/c1-15-21-19(33-12-4-11-30-14-16-5-3-10-29-13-16)6-2-7-20(21)34-24(15)25(32)31-18-9-8-17(26)22(27)23(18)28/h2-3,5-10,13,30H,4,11-12,14H2,1H3,(H,31,32). The first-order chi connectivity index (χ1) is 16.5. The van der Waals surface area contributed by atoms with Gasteiger partial charge in [0.15, 0.2) is 23.2 Å². The number of ether oxygens (including phenoxy) is 1. The molecule has 0 unspecified atom stereocenters. The number of pyridine rings is 1. The molecule has 0 saturated carbocycles. The van der Waals surface area contributed by atoms with Crippen LogP contribution in [-0.2, 0) is 6.54 Å². The topological polar surface area (TPSA) is 76.4 Å². The summed E-state index contributed by atoms with van der Waals surface area (Å²) < 4.78 is 52.1. The van der Waals surface area contributed by atoms with Gasteiger partial charge in [0, 0.05) is 24.5 Å². The van der Waals surface area contributed by atoms with Crippen LogP contribution in [0.15, 0.2) is 59.3 Å². The van der Waals surface area contributed by atoms with E-state index < -0.39 is 29.0 Å². The van der Waals surface area contributed by atoms with Gasteiger partial charge in [-0.1, -0.05) is 12.1 Å². The Labute approximate surface area is 193 Å². The fourth-order valence-corrected chi connectivity index (χ4v) is 3.52. The van der Waals surface area contributed by atoms with E-state index in [1.807, 2.05) is 12.1 Å². The minimum absolute atomic E-state index is 0.0756. The van der Waals surface area contributed by atoms with Gasteiger partial charge in [-0.2, -0.15) is 0 Å². The Kier molecular flexibility index (Phi) is 7.12. The van der Waals surface area contributed by atoms with E-state index in [2.05, 4.69) is 15.6 Å². The maximum absolute atomic E-state index is 13.9. The number of nitrogens with one attached hydrogen (secondary N) is 2. The first-order valence-electron chi connectivity index (χ1n) is 10.6. The molecular weight excluding hydrogens is 447 g/mol. The predicted octanol–water partition coefficient (Wildman–Crippen LogP) is 5.36. The van der Waals surface area contributed by atoms with Gasteiger partial charge in [-0.15, -0.1) is 0 Å². The summed E-state index contributed by atoms with van der Waals surface area (Å²) in [5, 5.41) is 6.16. The molecule has 0 bridgehead atoms. The fraction of sp³-hybridized carbons (Fsp3) is 0.200. The third-order valence-electron chi connectivity index (χ3n) is 5.21. The Balaban J connectivity index is 1.40. The highest BCUT2D eigenvalue weighted by molar-refractivity contribution is 6.07. The molecule has 0 saturated heterocycles. The zero-order chi connectivity index (χ0) is 24.1. The molecular formula is C25H22F3N3O3. The van der Waals surface area contributed by atoms with Gasteiger partial charge in [-0.25, -0.2) is 13.2 Å². The number of hydrogen-bond acceptors (Lipinski definition) is 5. The molecule has 2 heterocycles. The number of anilines is 1. The smallest absolute Gasteiger partial charge is 0.291 e. The van der Waals surface area contributed by atoms with E-state index in [0.29, 0.717) is 35.4 Å². The van der Waals surface area contributed by atoms with E-state index >= 15 is 0 Å². The van der Waals surface area contributed by atoms with Gasteiger partial charge in [-0.3, -0.25) is 9.78 Å². The second-order valence-corrected chi connectivity index (χ2v) is 7.60. The lowest BCUT2D eigenvalue weighted by atomic mass is 10.1. The van der Waals surface area contributed by atoms with E-state index in [4.69, 9.17) is 9.15 Å². The second-order valence-electron chi connectivity index (χ2n) is 7.60. The van der Waals surface area contributed by atoms with Crippen LogP contribution >= 0.6 is 0 Å². The Morgan fingerprint density at radius 2 is 1.94 bits per heavy atom. The minimum atomic E-state index is -1.66. The number of carbonyl (C=O) groups is 1. The number of rotatable bonds is 9. The molecule has 6 nitrogen and oxygen atoms in total. The van der Waals surface area contributed by atoms with Crippen molar-refractivity contribution < 1.29 is 27.1 Å². The molecule has 176 valence electrons. The van der Waals surface area contributed by atoms with Crippen molar-refractivity contribution in [3.05, 3.63) is 89.2 Å². The van der Waals surface area contributed by atoms with Crippen LogP contribution in [0.1, 0.15) is 28.1 Å². The number of fused-ring (bicyclic) bond motifs is 1. The average Bonchev–Trinajstić information content (AvgIpc) is 3.19. The van der Waals surface area contributed by atoms with Crippen molar-refractivity contribution in [3.8, 4) is 5.75 Å². The summed E-state index contributed by atoms with van der Waals surface area (Å²) in [5.41, 5.74) is 1.51. The van der Waals surface area contributed by atoms with Crippen molar-refractivity contribution in [3.63, 3.8) is 0 Å². The lowest BCUT2D eigenvalue weighted by molar-refractivity contribution is 0.0997. The van der Waals surface area contributed by atoms with Crippen LogP contribution in [-0.4, -0.2) is 24.0 Å². The number of nitrogens with zero attached hydrogens (tertiary/aromatic N) is 1. The van der Waals surface area contributed by atoms with Gasteiger partial charge < -0.3 is 19.8 Å². The van der Waals surface area contributed by atoms with E-state index in [-0.39, 0.29) is 5.76 Å². The van der Waals surface area contributed by atoms with Crippen LogP contribution in [0, 0.1) is 24.4 Å². The lowest BCUT2D eigenvalue weighted by Gasteiger charge is -2.09. The molecule has 2 N–H and O–H groups in total. The molecule has 0 radical (unpaired) electrons. The first-order valence-corrected chi connectivity index (χ1v) is 10.6. The van der Waals surface area contributed by atoms with Gasteiger partial charge in [0.25, 0.3) is 5.91 Å². The van der Waals surface area contributed by atoms with Gasteiger partial charge in [-0.05, 0) is 55.8 Å². The van der Waals surface area contributed by atoms with Crippen LogP contribution in [0.2, 0.25) is 0 Å². The number of hydrogen-bond donors (Lipinski definition) is 2. The molecule has 4 rings (SSSR count).